The van der Waals surface area contributed by atoms with Crippen molar-refractivity contribution in [1.82, 2.24) is 103 Å². The Morgan fingerprint density at radius 3 is 1.31 bits per heavy atom. The molecule has 13 heterocycles. The molecule has 30 nitrogen and oxygen atoms in total. The molecule has 1 saturated carbocycles. The van der Waals surface area contributed by atoms with Gasteiger partial charge in [0.25, 0.3) is 45.9 Å². The maximum atomic E-state index is 14.2. The number of nitrogens with zero attached hydrogens (tertiary/aromatic N) is 17. The van der Waals surface area contributed by atoms with Crippen molar-refractivity contribution in [1.29, 1.82) is 0 Å². The molecular formula is C111H99Cl2N21O9. The summed E-state index contributed by atoms with van der Waals surface area (Å²) in [5.74, 6) is -0.765. The van der Waals surface area contributed by atoms with Gasteiger partial charge in [-0.1, -0.05) is 138 Å². The fourth-order valence-corrected chi connectivity index (χ4v) is 18.9. The predicted octanol–water partition coefficient (Wildman–Crippen LogP) is 19.4. The maximum Gasteiger partial charge on any atom is 0.272 e. The number of benzene rings is 7. The molecule has 0 aliphatic heterocycles. The third-order valence-corrected chi connectivity index (χ3v) is 25.9. The molecule has 0 radical (unpaired) electrons. The smallest absolute Gasteiger partial charge is 0.272 e. The SMILES string of the molecule is COc1cc(-c2cccc3cc([C@H](C)NC(=O)c4ncc(C)nc4C)n(-c4ccccc4)c(=O)c23)ccn1.Cc1cc(-c2cccc3cc([C@H](C)NC(=O)c4c(C)nn5cccnc45)n(C4CC4)c(=O)c23)ccn1.Cc1cc(C)n2nc(C)c(C(=O)N[C@@H](C)c3cc4cccc(Cl)c4c(=O)n3-c3ccccc3)c2n1.Cc1ccn2nc(C)c(C(=O)N[C@@H](C)c3cc4cccc(Cl)c4c(=O)n3-c3ccccc3)c2n1. The van der Waals surface area contributed by atoms with Crippen LogP contribution in [-0.4, -0.2) is 113 Å². The summed E-state index contributed by atoms with van der Waals surface area (Å²) in [6, 6.07) is 69.6. The van der Waals surface area contributed by atoms with Gasteiger partial charge in [0.05, 0.1) is 91.3 Å². The molecule has 32 heteroatoms. The highest BCUT2D eigenvalue weighted by Crippen LogP contribution is 2.40. The lowest BCUT2D eigenvalue weighted by atomic mass is 9.98. The highest BCUT2D eigenvalue weighted by atomic mass is 35.5. The van der Waals surface area contributed by atoms with E-state index in [-0.39, 0.29) is 63.6 Å². The van der Waals surface area contributed by atoms with Crippen LogP contribution in [0.4, 0.5) is 0 Å². The number of carbonyl (C=O) groups is 4. The minimum Gasteiger partial charge on any atom is -0.481 e. The number of rotatable bonds is 19. The molecule has 716 valence electrons. The second-order valence-electron chi connectivity index (χ2n) is 35.4. The Balaban J connectivity index is 0.000000126. The van der Waals surface area contributed by atoms with E-state index < -0.39 is 18.1 Å². The molecule has 21 rings (SSSR count). The Kier molecular flexibility index (Phi) is 27.1. The van der Waals surface area contributed by atoms with E-state index in [1.165, 1.54) is 0 Å². The summed E-state index contributed by atoms with van der Waals surface area (Å²) in [4.78, 5) is 139. The minimum absolute atomic E-state index is 0.0232. The van der Waals surface area contributed by atoms with Gasteiger partial charge in [-0.15, -0.1) is 0 Å². The fourth-order valence-electron chi connectivity index (χ4n) is 18.4. The van der Waals surface area contributed by atoms with Crippen LogP contribution >= 0.6 is 23.2 Å². The van der Waals surface area contributed by atoms with Gasteiger partial charge in [-0.25, -0.2) is 38.5 Å². The highest BCUT2D eigenvalue weighted by Gasteiger charge is 2.34. The molecule has 4 N–H and O–H groups in total. The minimum atomic E-state index is -0.507. The maximum absolute atomic E-state index is 14.2. The zero-order valence-corrected chi connectivity index (χ0v) is 82.2. The second kappa shape index (κ2) is 40.4. The van der Waals surface area contributed by atoms with Crippen molar-refractivity contribution in [3.05, 3.63) is 416 Å². The number of fused-ring (bicyclic) bond motifs is 7. The van der Waals surface area contributed by atoms with Crippen molar-refractivity contribution in [2.45, 2.75) is 133 Å². The van der Waals surface area contributed by atoms with Crippen LogP contribution in [0.5, 0.6) is 5.88 Å². The lowest BCUT2D eigenvalue weighted by Crippen LogP contribution is -2.33. The van der Waals surface area contributed by atoms with Crippen LogP contribution in [0.25, 0.3) is 99.3 Å². The predicted molar refractivity (Wildman–Crippen MR) is 555 cm³/mol. The number of carbonyl (C=O) groups excluding carboxylic acids is 4. The Morgan fingerprint density at radius 2 is 0.804 bits per heavy atom. The fraction of sp³-hybridized carbons (Fsp3) is 0.189. The van der Waals surface area contributed by atoms with Gasteiger partial charge in [0.15, 0.2) is 16.9 Å². The summed E-state index contributed by atoms with van der Waals surface area (Å²) >= 11 is 12.8. The number of para-hydroxylation sites is 3. The largest absolute Gasteiger partial charge is 0.481 e. The zero-order chi connectivity index (χ0) is 101. The number of amides is 4. The Labute approximate surface area is 829 Å². The average Bonchev–Trinajstić information content (AvgIpc) is 1.72. The van der Waals surface area contributed by atoms with Gasteiger partial charge in [-0.3, -0.25) is 62.0 Å². The van der Waals surface area contributed by atoms with Gasteiger partial charge in [0.1, 0.15) is 22.4 Å². The van der Waals surface area contributed by atoms with Crippen LogP contribution in [0, 0.1) is 62.3 Å². The molecule has 13 aromatic heterocycles. The van der Waals surface area contributed by atoms with Crippen molar-refractivity contribution in [3.63, 3.8) is 0 Å². The number of halogens is 2. The number of hydrogen-bond acceptors (Lipinski definition) is 19. The Hall–Kier alpha value is -17.1. The van der Waals surface area contributed by atoms with E-state index in [0.717, 1.165) is 80.0 Å². The normalized spacial score (nSPS) is 12.6. The summed E-state index contributed by atoms with van der Waals surface area (Å²) in [7, 11) is 1.56. The molecular weight excluding hydrogens is 1840 g/mol. The van der Waals surface area contributed by atoms with Gasteiger partial charge < -0.3 is 30.6 Å². The Bertz CT molecular complexity index is 8730. The van der Waals surface area contributed by atoms with Gasteiger partial charge >= 0.3 is 0 Å². The monoisotopic (exact) mass is 1940 g/mol. The molecule has 20 aromatic rings. The van der Waals surface area contributed by atoms with Crippen LogP contribution in [0.15, 0.2) is 287 Å². The van der Waals surface area contributed by atoms with E-state index in [4.69, 9.17) is 27.9 Å². The van der Waals surface area contributed by atoms with E-state index >= 15 is 0 Å². The van der Waals surface area contributed by atoms with E-state index in [0.29, 0.717) is 139 Å². The zero-order valence-electron chi connectivity index (χ0n) is 80.7. The van der Waals surface area contributed by atoms with Gasteiger partial charge in [0.2, 0.25) is 5.88 Å². The third kappa shape index (κ3) is 19.3. The summed E-state index contributed by atoms with van der Waals surface area (Å²) in [5, 5.41) is 31.5. The quantitative estimate of drug-likeness (QED) is 0.0584. The molecule has 1 aliphatic carbocycles. The van der Waals surface area contributed by atoms with Gasteiger partial charge in [-0.2, -0.15) is 15.3 Å². The summed E-state index contributed by atoms with van der Waals surface area (Å²) < 4.78 is 16.9. The molecule has 4 atom stereocenters. The number of ether oxygens (including phenoxy) is 1. The molecule has 0 unspecified atom stereocenters. The number of methoxy groups -OCH3 is 1. The third-order valence-electron chi connectivity index (χ3n) is 25.2. The van der Waals surface area contributed by atoms with Gasteiger partial charge in [-0.05, 0) is 256 Å². The average molecular weight is 1940 g/mol. The molecule has 143 heavy (non-hydrogen) atoms. The molecule has 4 amide bonds. The van der Waals surface area contributed by atoms with Crippen molar-refractivity contribution >= 4 is 107 Å². The highest BCUT2D eigenvalue weighted by molar-refractivity contribution is 6.36. The Morgan fingerprint density at radius 1 is 0.371 bits per heavy atom. The number of pyridine rings is 6. The van der Waals surface area contributed by atoms with Crippen molar-refractivity contribution in [2.24, 2.45) is 0 Å². The van der Waals surface area contributed by atoms with Crippen molar-refractivity contribution < 1.29 is 23.9 Å². The first-order valence-electron chi connectivity index (χ1n) is 46.5. The summed E-state index contributed by atoms with van der Waals surface area (Å²) in [6.45, 7) is 24.1. The van der Waals surface area contributed by atoms with E-state index in [1.54, 1.807) is 123 Å². The molecule has 0 saturated heterocycles. The molecule has 0 spiro atoms. The lowest BCUT2D eigenvalue weighted by Gasteiger charge is -2.22. The van der Waals surface area contributed by atoms with Gasteiger partial charge in [0, 0.05) is 112 Å². The first-order chi connectivity index (χ1) is 68.9. The first-order valence-corrected chi connectivity index (χ1v) is 47.3. The van der Waals surface area contributed by atoms with Crippen LogP contribution < -0.4 is 48.2 Å². The first kappa shape index (κ1) is 96.2. The molecule has 0 bridgehead atoms. The molecule has 7 aromatic carbocycles. The molecule has 1 aliphatic rings. The number of aryl methyl sites for hydroxylation is 9. The second-order valence-corrected chi connectivity index (χ2v) is 36.3. The number of hydrogen-bond donors (Lipinski definition) is 4. The van der Waals surface area contributed by atoms with E-state index in [2.05, 4.69) is 71.5 Å². The topological polar surface area (TPSA) is 356 Å². The van der Waals surface area contributed by atoms with E-state index in [9.17, 15) is 38.4 Å². The standard InChI is InChI=1S/C30H27N5O3.C28H26N6O2.C27H24ClN5O2.C26H22ClN5O2/c1-18-17-32-28(20(3)33-18)29(36)34-19(2)25-15-22-9-8-12-24(21-13-14-31-26(16-21)38-4)27(22)30(37)35(25)23-10-6-5-7-11-23;1-16-14-19(10-12-29-16)22-7-4-6-20-15-23(34(21-8-9-21)28(36)25(20)22)17(2)31-27(35)24-18(3)32-33-13-5-11-30-26(24)33;1-15-13-16(2)33-25(29-15)23(18(4)31-33)26(34)30-17(3)22-14-19-9-8-12-21(28)24(19)27(35)32(22)20-10-6-5-7-11-20;1-15-12-13-31-24(28-15)22(17(3)30-31)25(33)29-16(2)21-14-18-8-7-11-20(27)23(18)26(34)32(21)19-9-5-4-6-10-19/h5-17,19H,1-4H3,(H,34,36);4-7,10-15,17,21H,8-9H2,1-3H3,(H,31,35);5-14,17H,1-4H3,(H,30,34);4-14,16H,1-3H3,(H,29,33)/t19-;2*17-;16-/m0000/s1. The van der Waals surface area contributed by atoms with Crippen LogP contribution in [0.1, 0.15) is 186 Å². The van der Waals surface area contributed by atoms with Crippen LogP contribution in [0.2, 0.25) is 10.0 Å². The number of aromatic nitrogens is 17. The van der Waals surface area contributed by atoms with E-state index in [1.807, 2.05) is 273 Å². The summed E-state index contributed by atoms with van der Waals surface area (Å²) in [6.07, 6.45) is 12.1. The van der Waals surface area contributed by atoms with Crippen molar-refractivity contribution in [3.8, 4) is 45.2 Å². The lowest BCUT2D eigenvalue weighted by molar-refractivity contribution is 0.0925. The molecule has 1 fully saturated rings. The number of nitrogens with one attached hydrogen (secondary N) is 4. The van der Waals surface area contributed by atoms with Crippen LogP contribution in [-0.2, 0) is 0 Å². The van der Waals surface area contributed by atoms with Crippen LogP contribution in [0.3, 0.4) is 0 Å². The summed E-state index contributed by atoms with van der Waals surface area (Å²) in [5.41, 5.74) is 17.0. The van der Waals surface area contributed by atoms with Crippen molar-refractivity contribution in [2.75, 3.05) is 7.11 Å².